The summed E-state index contributed by atoms with van der Waals surface area (Å²) < 4.78 is 5.75. The molecule has 5 heteroatoms. The largest absolute Gasteiger partial charge is 0.461 e. The normalized spacial score (nSPS) is 27.5. The van der Waals surface area contributed by atoms with Gasteiger partial charge in [-0.25, -0.2) is 0 Å². The highest BCUT2D eigenvalue weighted by Gasteiger charge is 2.49. The number of rotatable bonds is 4. The SMILES string of the molecule is CN1C2CCC1[C@@H](C(=O)OCc1ccccc1)[C@@H](c1ccc(Cl)c(Cl)c1)C2. The van der Waals surface area contributed by atoms with E-state index < -0.39 is 0 Å². The molecule has 3 nitrogen and oxygen atoms in total. The van der Waals surface area contributed by atoms with Crippen LogP contribution in [0.5, 0.6) is 0 Å². The molecule has 0 radical (unpaired) electrons. The molecule has 2 aliphatic rings. The van der Waals surface area contributed by atoms with Crippen molar-refractivity contribution in [3.8, 4) is 0 Å². The van der Waals surface area contributed by atoms with Gasteiger partial charge in [-0.05, 0) is 49.6 Å². The van der Waals surface area contributed by atoms with Crippen molar-refractivity contribution >= 4 is 29.2 Å². The van der Waals surface area contributed by atoms with Crippen molar-refractivity contribution < 1.29 is 9.53 Å². The molecule has 2 aromatic carbocycles. The first-order valence-electron chi connectivity index (χ1n) is 9.42. The minimum absolute atomic E-state index is 0.108. The second-order valence-electron chi connectivity index (χ2n) is 7.60. The summed E-state index contributed by atoms with van der Waals surface area (Å²) >= 11 is 12.4. The van der Waals surface area contributed by atoms with Crippen LogP contribution in [0.4, 0.5) is 0 Å². The van der Waals surface area contributed by atoms with E-state index in [0.29, 0.717) is 22.7 Å². The third-order valence-electron chi connectivity index (χ3n) is 6.14. The van der Waals surface area contributed by atoms with Crippen LogP contribution in [-0.4, -0.2) is 30.0 Å². The van der Waals surface area contributed by atoms with Gasteiger partial charge in [-0.2, -0.15) is 0 Å². The first kappa shape index (κ1) is 18.8. The lowest BCUT2D eigenvalue weighted by molar-refractivity contribution is -0.154. The predicted molar refractivity (Wildman–Crippen MR) is 108 cm³/mol. The Balaban J connectivity index is 1.59. The maximum absolute atomic E-state index is 13.1. The van der Waals surface area contributed by atoms with Crippen molar-refractivity contribution in [2.24, 2.45) is 5.92 Å². The number of halogens is 2. The third kappa shape index (κ3) is 3.73. The molecule has 2 aromatic rings. The minimum atomic E-state index is -0.185. The Morgan fingerprint density at radius 1 is 1.11 bits per heavy atom. The molecule has 2 bridgehead atoms. The van der Waals surface area contributed by atoms with Crippen LogP contribution in [0.25, 0.3) is 0 Å². The molecule has 0 aliphatic carbocycles. The standard InChI is InChI=1S/C22H23Cl2NO2/c1-25-16-8-10-20(25)21(22(26)27-13-14-5-3-2-4-6-14)17(12-16)15-7-9-18(23)19(24)11-15/h2-7,9,11,16-17,20-21H,8,10,12-13H2,1H3/t16?,17-,20?,21+/m1/s1. The molecule has 2 fully saturated rings. The summed E-state index contributed by atoms with van der Waals surface area (Å²) in [4.78, 5) is 15.5. The minimum Gasteiger partial charge on any atom is -0.461 e. The van der Waals surface area contributed by atoms with Crippen molar-refractivity contribution in [2.45, 2.75) is 43.9 Å². The van der Waals surface area contributed by atoms with Crippen LogP contribution in [0.1, 0.15) is 36.3 Å². The van der Waals surface area contributed by atoms with Crippen LogP contribution >= 0.6 is 23.2 Å². The van der Waals surface area contributed by atoms with E-state index in [1.165, 1.54) is 0 Å². The van der Waals surface area contributed by atoms with Gasteiger partial charge in [0.05, 0.1) is 16.0 Å². The van der Waals surface area contributed by atoms with E-state index in [1.54, 1.807) is 0 Å². The number of benzene rings is 2. The van der Waals surface area contributed by atoms with E-state index >= 15 is 0 Å². The summed E-state index contributed by atoms with van der Waals surface area (Å²) in [5, 5.41) is 1.08. The summed E-state index contributed by atoms with van der Waals surface area (Å²) in [6.45, 7) is 0.310. The Labute approximate surface area is 170 Å². The van der Waals surface area contributed by atoms with Crippen molar-refractivity contribution in [2.75, 3.05) is 7.05 Å². The Hall–Kier alpha value is -1.55. The average molecular weight is 404 g/mol. The van der Waals surface area contributed by atoms with E-state index in [2.05, 4.69) is 11.9 Å². The Morgan fingerprint density at radius 2 is 1.89 bits per heavy atom. The van der Waals surface area contributed by atoms with E-state index in [0.717, 1.165) is 30.4 Å². The number of hydrogen-bond acceptors (Lipinski definition) is 3. The Kier molecular flexibility index (Phi) is 5.45. The first-order chi connectivity index (χ1) is 13.0. The molecule has 0 N–H and O–H groups in total. The zero-order valence-electron chi connectivity index (χ0n) is 15.3. The van der Waals surface area contributed by atoms with Gasteiger partial charge in [-0.15, -0.1) is 0 Å². The number of nitrogens with zero attached hydrogens (tertiary/aromatic N) is 1. The summed E-state index contributed by atoms with van der Waals surface area (Å²) in [5.41, 5.74) is 2.08. The van der Waals surface area contributed by atoms with Crippen molar-refractivity contribution in [1.29, 1.82) is 0 Å². The highest BCUT2D eigenvalue weighted by Crippen LogP contribution is 2.47. The van der Waals surface area contributed by atoms with Gasteiger partial charge in [0.25, 0.3) is 0 Å². The number of hydrogen-bond donors (Lipinski definition) is 0. The van der Waals surface area contributed by atoms with E-state index in [4.69, 9.17) is 27.9 Å². The molecule has 0 spiro atoms. The summed E-state index contributed by atoms with van der Waals surface area (Å²) in [7, 11) is 2.13. The van der Waals surface area contributed by atoms with Gasteiger partial charge in [0.1, 0.15) is 6.61 Å². The van der Waals surface area contributed by atoms with E-state index in [-0.39, 0.29) is 23.8 Å². The summed E-state index contributed by atoms with van der Waals surface area (Å²) in [6, 6.07) is 16.3. The Morgan fingerprint density at radius 3 is 2.63 bits per heavy atom. The average Bonchev–Trinajstić information content (AvgIpc) is 2.91. The van der Waals surface area contributed by atoms with Crippen LogP contribution in [0.2, 0.25) is 10.0 Å². The second-order valence-corrected chi connectivity index (χ2v) is 8.41. The number of piperidine rings is 1. The smallest absolute Gasteiger partial charge is 0.311 e. The lowest BCUT2D eigenvalue weighted by atomic mass is 9.76. The van der Waals surface area contributed by atoms with Gasteiger partial charge in [0.2, 0.25) is 0 Å². The van der Waals surface area contributed by atoms with Gasteiger partial charge >= 0.3 is 5.97 Å². The molecule has 0 saturated carbocycles. The van der Waals surface area contributed by atoms with Gasteiger partial charge in [0.15, 0.2) is 0 Å². The van der Waals surface area contributed by atoms with Crippen molar-refractivity contribution in [3.05, 3.63) is 69.7 Å². The van der Waals surface area contributed by atoms with E-state index in [1.807, 2.05) is 48.5 Å². The van der Waals surface area contributed by atoms with Crippen LogP contribution in [0.3, 0.4) is 0 Å². The zero-order chi connectivity index (χ0) is 19.0. The molecule has 0 aromatic heterocycles. The number of carbonyl (C=O) groups excluding carboxylic acids is 1. The zero-order valence-corrected chi connectivity index (χ0v) is 16.8. The third-order valence-corrected chi connectivity index (χ3v) is 6.88. The monoisotopic (exact) mass is 403 g/mol. The second kappa shape index (κ2) is 7.83. The molecular formula is C22H23Cl2NO2. The highest BCUT2D eigenvalue weighted by molar-refractivity contribution is 6.42. The molecule has 4 atom stereocenters. The maximum Gasteiger partial charge on any atom is 0.311 e. The number of carbonyl (C=O) groups is 1. The fourth-order valence-electron chi connectivity index (χ4n) is 4.70. The molecule has 2 heterocycles. The molecule has 0 amide bonds. The van der Waals surface area contributed by atoms with Crippen molar-refractivity contribution in [1.82, 2.24) is 4.90 Å². The Bertz CT molecular complexity index is 826. The molecule has 2 unspecified atom stereocenters. The fraction of sp³-hybridized carbons (Fsp3) is 0.409. The number of esters is 1. The summed E-state index contributed by atoms with van der Waals surface area (Å²) in [6.07, 6.45) is 3.10. The van der Waals surface area contributed by atoms with Gasteiger partial charge in [-0.3, -0.25) is 9.69 Å². The molecule has 142 valence electrons. The van der Waals surface area contributed by atoms with Crippen molar-refractivity contribution in [3.63, 3.8) is 0 Å². The lowest BCUT2D eigenvalue weighted by Gasteiger charge is -2.42. The number of ether oxygens (including phenoxy) is 1. The van der Waals surface area contributed by atoms with Gasteiger partial charge in [0, 0.05) is 18.0 Å². The molecular weight excluding hydrogens is 381 g/mol. The molecule has 4 rings (SSSR count). The molecule has 2 saturated heterocycles. The number of fused-ring (bicyclic) bond motifs is 2. The quantitative estimate of drug-likeness (QED) is 0.648. The van der Waals surface area contributed by atoms with E-state index in [9.17, 15) is 4.79 Å². The topological polar surface area (TPSA) is 29.5 Å². The highest BCUT2D eigenvalue weighted by atomic mass is 35.5. The molecule has 27 heavy (non-hydrogen) atoms. The lowest BCUT2D eigenvalue weighted by Crippen LogP contribution is -2.49. The van der Waals surface area contributed by atoms with Crippen LogP contribution in [0.15, 0.2) is 48.5 Å². The fourth-order valence-corrected chi connectivity index (χ4v) is 5.01. The first-order valence-corrected chi connectivity index (χ1v) is 10.2. The van der Waals surface area contributed by atoms with Gasteiger partial charge < -0.3 is 4.74 Å². The molecule has 2 aliphatic heterocycles. The van der Waals surface area contributed by atoms with Crippen LogP contribution in [-0.2, 0) is 16.1 Å². The predicted octanol–water partition coefficient (Wildman–Crippen LogP) is 5.30. The maximum atomic E-state index is 13.1. The van der Waals surface area contributed by atoms with Crippen LogP contribution < -0.4 is 0 Å². The van der Waals surface area contributed by atoms with Gasteiger partial charge in [-0.1, -0.05) is 59.6 Å². The summed E-state index contributed by atoms with van der Waals surface area (Å²) in [5.74, 6) is -0.196. The van der Waals surface area contributed by atoms with Crippen LogP contribution in [0, 0.1) is 5.92 Å².